The lowest BCUT2D eigenvalue weighted by molar-refractivity contribution is -0.144. The highest BCUT2D eigenvalue weighted by molar-refractivity contribution is 5.99. The standard InChI is InChI=1S/C47H74N10O18/c1-6-24(4)37(56-39(66)27(49)15-17-33(60)61)45(72)53-30(20-26-12-8-7-9-13-26)42(69)54-32(22-58)44(71)50-29(16-18-34(62)63)41(68)57-38(25(5)59)46(73)51-28(14-10-11-19-48)40(67)52-31(21-35(64)65)43(70)55-36(23(2)3)47(74)75/h7-9,12-13,23-25,27-32,36-38,58-59H,6,10-11,14-22,48-49H2,1-5H3,(H,50,71)(H,51,73)(H,52,67)(H,53,72)(H,54,69)(H,55,70)(H,56,66)(H,57,68)(H,60,61)(H,62,63)(H,64,65)(H,74,75)/t24-,25+,27-,28-,29-,30-,31-,32-,36-,37-,38-/m0/s1. The van der Waals surface area contributed by atoms with Crippen molar-refractivity contribution >= 4 is 71.1 Å². The number of carbonyl (C=O) groups excluding carboxylic acids is 8. The minimum Gasteiger partial charge on any atom is -0.481 e. The van der Waals surface area contributed by atoms with E-state index in [9.17, 15) is 83.1 Å². The molecule has 0 saturated heterocycles. The molecule has 1 aromatic carbocycles. The average Bonchev–Trinajstić information content (AvgIpc) is 3.34. The van der Waals surface area contributed by atoms with E-state index in [0.29, 0.717) is 18.4 Å². The molecule has 0 bridgehead atoms. The van der Waals surface area contributed by atoms with E-state index in [0.717, 1.165) is 6.92 Å². The molecule has 0 fully saturated rings. The van der Waals surface area contributed by atoms with Crippen LogP contribution in [0, 0.1) is 11.8 Å². The number of hydrogen-bond donors (Lipinski definition) is 16. The van der Waals surface area contributed by atoms with E-state index in [2.05, 4.69) is 42.5 Å². The fraction of sp³-hybridized carbons (Fsp3) is 0.617. The Morgan fingerprint density at radius 3 is 1.49 bits per heavy atom. The lowest BCUT2D eigenvalue weighted by Crippen LogP contribution is -2.62. The van der Waals surface area contributed by atoms with Crippen molar-refractivity contribution in [2.75, 3.05) is 13.2 Å². The summed E-state index contributed by atoms with van der Waals surface area (Å²) in [6, 6.07) is -6.49. The van der Waals surface area contributed by atoms with Crippen molar-refractivity contribution in [1.82, 2.24) is 42.5 Å². The van der Waals surface area contributed by atoms with Crippen LogP contribution in [0.2, 0.25) is 0 Å². The maximum atomic E-state index is 14.0. The Balaban J connectivity index is 3.47. The molecule has 28 heteroatoms. The van der Waals surface area contributed by atoms with Gasteiger partial charge in [0.2, 0.25) is 47.3 Å². The Hall–Kier alpha value is -7.30. The third-order valence-electron chi connectivity index (χ3n) is 11.7. The third kappa shape index (κ3) is 24.1. The van der Waals surface area contributed by atoms with Crippen LogP contribution in [0.1, 0.15) is 98.0 Å². The first kappa shape index (κ1) is 65.7. The molecule has 1 aromatic rings. The van der Waals surface area contributed by atoms with Gasteiger partial charge in [-0.3, -0.25) is 52.7 Å². The second-order valence-electron chi connectivity index (χ2n) is 18.2. The van der Waals surface area contributed by atoms with E-state index >= 15 is 0 Å². The van der Waals surface area contributed by atoms with Gasteiger partial charge >= 0.3 is 23.9 Å². The zero-order valence-corrected chi connectivity index (χ0v) is 42.5. The largest absolute Gasteiger partial charge is 0.481 e. The van der Waals surface area contributed by atoms with Gasteiger partial charge in [0.1, 0.15) is 48.3 Å². The highest BCUT2D eigenvalue weighted by Crippen LogP contribution is 2.13. The zero-order valence-electron chi connectivity index (χ0n) is 42.5. The fourth-order valence-corrected chi connectivity index (χ4v) is 7.07. The average molecular weight is 1070 g/mol. The molecule has 0 radical (unpaired) electrons. The van der Waals surface area contributed by atoms with Crippen molar-refractivity contribution in [3.8, 4) is 0 Å². The monoisotopic (exact) mass is 1070 g/mol. The van der Waals surface area contributed by atoms with Crippen molar-refractivity contribution in [3.05, 3.63) is 35.9 Å². The number of carboxylic acid groups (broad SMARTS) is 4. The van der Waals surface area contributed by atoms with Gasteiger partial charge in [0.05, 0.1) is 25.2 Å². The molecule has 0 aromatic heterocycles. The number of hydrogen-bond acceptors (Lipinski definition) is 16. The molecule has 0 saturated carbocycles. The predicted molar refractivity (Wildman–Crippen MR) is 263 cm³/mol. The fourth-order valence-electron chi connectivity index (χ4n) is 7.07. The Labute approximate surface area is 432 Å². The number of aliphatic hydroxyl groups excluding tert-OH is 2. The maximum Gasteiger partial charge on any atom is 0.326 e. The van der Waals surface area contributed by atoms with E-state index in [1.807, 2.05) is 0 Å². The molecule has 1 rings (SSSR count). The Morgan fingerprint density at radius 1 is 0.520 bits per heavy atom. The Kier molecular flexibility index (Phi) is 29.4. The summed E-state index contributed by atoms with van der Waals surface area (Å²) in [5, 5.41) is 77.0. The first-order valence-corrected chi connectivity index (χ1v) is 24.3. The molecule has 0 aliphatic carbocycles. The molecule has 420 valence electrons. The van der Waals surface area contributed by atoms with Crippen LogP contribution in [0.5, 0.6) is 0 Å². The second-order valence-corrected chi connectivity index (χ2v) is 18.2. The van der Waals surface area contributed by atoms with Crippen molar-refractivity contribution < 1.29 is 88.2 Å². The second kappa shape index (κ2) is 33.5. The number of rotatable bonds is 36. The van der Waals surface area contributed by atoms with Gasteiger partial charge in [-0.2, -0.15) is 0 Å². The highest BCUT2D eigenvalue weighted by atomic mass is 16.4. The Bertz CT molecular complexity index is 2130. The zero-order chi connectivity index (χ0) is 57.1. The first-order chi connectivity index (χ1) is 35.2. The molecule has 0 aliphatic rings. The summed E-state index contributed by atoms with van der Waals surface area (Å²) in [5.74, 6) is -15.7. The topological polar surface area (TPSA) is 474 Å². The molecule has 28 nitrogen and oxygen atoms in total. The minimum atomic E-state index is -1.95. The van der Waals surface area contributed by atoms with Gasteiger partial charge < -0.3 is 84.6 Å². The molecule has 18 N–H and O–H groups in total. The quantitative estimate of drug-likeness (QED) is 0.0284. The summed E-state index contributed by atoms with van der Waals surface area (Å²) in [6.45, 7) is 6.34. The van der Waals surface area contributed by atoms with Crippen LogP contribution < -0.4 is 54.0 Å². The lowest BCUT2D eigenvalue weighted by Gasteiger charge is -2.29. The molecule has 0 heterocycles. The van der Waals surface area contributed by atoms with Crippen LogP contribution in [0.15, 0.2) is 30.3 Å². The van der Waals surface area contributed by atoms with E-state index in [1.54, 1.807) is 44.2 Å². The summed E-state index contributed by atoms with van der Waals surface area (Å²) in [6.07, 6.45) is -4.48. The number of amides is 8. The van der Waals surface area contributed by atoms with E-state index in [-0.39, 0.29) is 32.2 Å². The molecule has 75 heavy (non-hydrogen) atoms. The molecular weight excluding hydrogens is 993 g/mol. The molecule has 0 spiro atoms. The molecule has 0 aliphatic heterocycles. The normalized spacial score (nSPS) is 15.5. The van der Waals surface area contributed by atoms with E-state index < -0.39 is 176 Å². The lowest BCUT2D eigenvalue weighted by atomic mass is 9.96. The highest BCUT2D eigenvalue weighted by Gasteiger charge is 2.37. The van der Waals surface area contributed by atoms with Crippen LogP contribution in [0.4, 0.5) is 0 Å². The number of carbonyl (C=O) groups is 12. The maximum absolute atomic E-state index is 14.0. The predicted octanol–water partition coefficient (Wildman–Crippen LogP) is -4.07. The summed E-state index contributed by atoms with van der Waals surface area (Å²) < 4.78 is 0. The van der Waals surface area contributed by atoms with Crippen LogP contribution in [-0.2, 0) is 64.0 Å². The summed E-state index contributed by atoms with van der Waals surface area (Å²) >= 11 is 0. The molecule has 8 amide bonds. The number of benzene rings is 1. The SMILES string of the molecule is CC[C@H](C)[C@H](NC(=O)[C@@H](N)CCC(=O)O)C(=O)N[C@@H](Cc1ccccc1)C(=O)N[C@@H](CO)C(=O)N[C@@H](CCC(=O)O)C(=O)N[C@H](C(=O)N[C@@H](CCCCN)C(=O)N[C@@H](CC(=O)O)C(=O)N[C@H](C(=O)O)C(C)C)[C@@H](C)O. The van der Waals surface area contributed by atoms with Crippen molar-refractivity contribution in [2.24, 2.45) is 23.3 Å². The van der Waals surface area contributed by atoms with Crippen molar-refractivity contribution in [3.63, 3.8) is 0 Å². The number of nitrogens with one attached hydrogen (secondary N) is 8. The van der Waals surface area contributed by atoms with Gasteiger partial charge in [-0.05, 0) is 63.0 Å². The summed E-state index contributed by atoms with van der Waals surface area (Å²) in [7, 11) is 0. The minimum absolute atomic E-state index is 0.134. The van der Waals surface area contributed by atoms with Crippen LogP contribution in [0.25, 0.3) is 0 Å². The van der Waals surface area contributed by atoms with E-state index in [1.165, 1.54) is 13.8 Å². The smallest absolute Gasteiger partial charge is 0.326 e. The third-order valence-corrected chi connectivity index (χ3v) is 11.7. The van der Waals surface area contributed by atoms with Crippen LogP contribution >= 0.6 is 0 Å². The Morgan fingerprint density at radius 2 is 0.973 bits per heavy atom. The van der Waals surface area contributed by atoms with Crippen LogP contribution in [-0.4, -0.2) is 175 Å². The summed E-state index contributed by atoms with van der Waals surface area (Å²) in [4.78, 5) is 155. The number of aliphatic hydroxyl groups is 2. The molecule has 11 atom stereocenters. The van der Waals surface area contributed by atoms with Gasteiger partial charge in [-0.15, -0.1) is 0 Å². The molecular formula is C47H74N10O18. The summed E-state index contributed by atoms with van der Waals surface area (Å²) in [5.41, 5.74) is 12.0. The van der Waals surface area contributed by atoms with Crippen molar-refractivity contribution in [2.45, 2.75) is 159 Å². The van der Waals surface area contributed by atoms with Crippen LogP contribution in [0.3, 0.4) is 0 Å². The van der Waals surface area contributed by atoms with E-state index in [4.69, 9.17) is 16.6 Å². The van der Waals surface area contributed by atoms with Gasteiger partial charge in [-0.25, -0.2) is 4.79 Å². The number of aliphatic carboxylic acids is 4. The first-order valence-electron chi connectivity index (χ1n) is 24.3. The van der Waals surface area contributed by atoms with Crippen molar-refractivity contribution in [1.29, 1.82) is 0 Å². The van der Waals surface area contributed by atoms with Gasteiger partial charge in [0.25, 0.3) is 0 Å². The van der Waals surface area contributed by atoms with Gasteiger partial charge in [0.15, 0.2) is 0 Å². The number of nitrogens with two attached hydrogens (primary N) is 2. The van der Waals surface area contributed by atoms with Gasteiger partial charge in [-0.1, -0.05) is 64.4 Å². The molecule has 0 unspecified atom stereocenters. The van der Waals surface area contributed by atoms with Gasteiger partial charge in [0, 0.05) is 19.3 Å². The number of carboxylic acids is 4. The number of unbranched alkanes of at least 4 members (excludes halogenated alkanes) is 1.